The van der Waals surface area contributed by atoms with Gasteiger partial charge in [-0.2, -0.15) is 0 Å². The third kappa shape index (κ3) is 7.83. The summed E-state index contributed by atoms with van der Waals surface area (Å²) in [5.41, 5.74) is -1.48. The van der Waals surface area contributed by atoms with Gasteiger partial charge in [-0.1, -0.05) is 78.9 Å². The highest BCUT2D eigenvalue weighted by molar-refractivity contribution is 6.74. The lowest BCUT2D eigenvalue weighted by Crippen LogP contribution is -2.48. The average Bonchev–Trinajstić information content (AvgIpc) is 3.22. The molecule has 32 heavy (non-hydrogen) atoms. The number of Topliss-reactive ketones (excluding diaryl/α,β-unsaturated/α-hetero) is 1. The van der Waals surface area contributed by atoms with Crippen molar-refractivity contribution in [2.75, 3.05) is 0 Å². The minimum absolute atomic E-state index is 0.0791. The zero-order chi connectivity index (χ0) is 24.6. The zero-order valence-corrected chi connectivity index (χ0v) is 23.2. The van der Waals surface area contributed by atoms with E-state index in [1.807, 2.05) is 13.0 Å². The highest BCUT2D eigenvalue weighted by atomic mass is 28.4. The first-order valence-electron chi connectivity index (χ1n) is 12.9. The van der Waals surface area contributed by atoms with Crippen LogP contribution in [0.2, 0.25) is 18.1 Å². The van der Waals surface area contributed by atoms with Crippen molar-refractivity contribution < 1.29 is 19.1 Å². The van der Waals surface area contributed by atoms with Crippen molar-refractivity contribution in [3.63, 3.8) is 0 Å². The van der Waals surface area contributed by atoms with Gasteiger partial charge in [0.05, 0.1) is 11.0 Å². The molecule has 0 aliphatic heterocycles. The number of rotatable bonds is 14. The molecule has 1 aliphatic rings. The lowest BCUT2D eigenvalue weighted by Gasteiger charge is -2.44. The van der Waals surface area contributed by atoms with Crippen molar-refractivity contribution in [2.24, 2.45) is 11.3 Å². The standard InChI is InChI=1S/C27H50O4Si/c1-9-11-14-18-26(6,31-32(7,8)25(3,4)5)20-21-27(24(29)30,19-17-23(28)10-2)22-15-12-13-16-22/h20-22H,9-19H2,1-8H3,(H,29,30)/b21-20+/t26?,27-/m1/s1. The molecule has 0 aromatic heterocycles. The molecule has 2 atom stereocenters. The molecule has 1 rings (SSSR count). The number of carbonyl (C=O) groups is 2. The summed E-state index contributed by atoms with van der Waals surface area (Å²) in [6.07, 6.45) is 13.4. The van der Waals surface area contributed by atoms with Crippen LogP contribution in [0, 0.1) is 11.3 Å². The molecule has 1 saturated carbocycles. The van der Waals surface area contributed by atoms with Gasteiger partial charge in [0.15, 0.2) is 8.32 Å². The summed E-state index contributed by atoms with van der Waals surface area (Å²) in [7, 11) is -2.05. The highest BCUT2D eigenvalue weighted by Crippen LogP contribution is 2.46. The SMILES string of the molecule is CCCCCC(C)(/C=C/[C@@](CCC(=O)CC)(C(=O)O)C1CCCC1)O[Si](C)(C)C(C)(C)C. The van der Waals surface area contributed by atoms with E-state index < -0.39 is 25.3 Å². The van der Waals surface area contributed by atoms with Gasteiger partial charge >= 0.3 is 5.97 Å². The van der Waals surface area contributed by atoms with Crippen LogP contribution in [-0.2, 0) is 14.0 Å². The van der Waals surface area contributed by atoms with Crippen molar-refractivity contribution in [2.45, 2.75) is 136 Å². The number of aliphatic carboxylic acids is 1. The molecule has 0 amide bonds. The van der Waals surface area contributed by atoms with Gasteiger partial charge in [0.1, 0.15) is 5.78 Å². The van der Waals surface area contributed by atoms with Gasteiger partial charge < -0.3 is 9.53 Å². The Kier molecular flexibility index (Phi) is 10.9. The lowest BCUT2D eigenvalue weighted by molar-refractivity contribution is -0.149. The second-order valence-corrected chi connectivity index (χ2v) is 16.4. The third-order valence-corrected chi connectivity index (χ3v) is 12.6. The van der Waals surface area contributed by atoms with Gasteiger partial charge in [0.25, 0.3) is 0 Å². The van der Waals surface area contributed by atoms with Crippen LogP contribution in [0.5, 0.6) is 0 Å². The van der Waals surface area contributed by atoms with Crippen molar-refractivity contribution in [3.8, 4) is 0 Å². The normalized spacial score (nSPS) is 19.8. The Balaban J connectivity index is 3.36. The Hall–Kier alpha value is -0.943. The van der Waals surface area contributed by atoms with Crippen LogP contribution in [0.15, 0.2) is 12.2 Å². The predicted molar refractivity (Wildman–Crippen MR) is 137 cm³/mol. The Morgan fingerprint density at radius 2 is 1.59 bits per heavy atom. The Morgan fingerprint density at radius 3 is 2.06 bits per heavy atom. The first kappa shape index (κ1) is 29.1. The van der Waals surface area contributed by atoms with E-state index in [1.54, 1.807) is 0 Å². The maximum Gasteiger partial charge on any atom is 0.313 e. The molecule has 0 spiro atoms. The van der Waals surface area contributed by atoms with Gasteiger partial charge in [0.2, 0.25) is 0 Å². The van der Waals surface area contributed by atoms with Crippen molar-refractivity contribution >= 4 is 20.1 Å². The molecule has 0 bridgehead atoms. The molecule has 1 N–H and O–H groups in total. The highest BCUT2D eigenvalue weighted by Gasteiger charge is 2.46. The summed E-state index contributed by atoms with van der Waals surface area (Å²) in [4.78, 5) is 24.9. The van der Waals surface area contributed by atoms with Gasteiger partial charge in [0, 0.05) is 12.8 Å². The zero-order valence-electron chi connectivity index (χ0n) is 22.2. The first-order chi connectivity index (χ1) is 14.7. The number of carboxylic acid groups (broad SMARTS) is 1. The van der Waals surface area contributed by atoms with Crippen LogP contribution >= 0.6 is 0 Å². The Labute approximate surface area is 198 Å². The summed E-state index contributed by atoms with van der Waals surface area (Å²) < 4.78 is 6.91. The van der Waals surface area contributed by atoms with Gasteiger partial charge in [-0.25, -0.2) is 0 Å². The number of carboxylic acids is 1. The Bertz CT molecular complexity index is 643. The van der Waals surface area contributed by atoms with E-state index in [0.717, 1.165) is 51.4 Å². The molecule has 186 valence electrons. The fraction of sp³-hybridized carbons (Fsp3) is 0.852. The molecule has 0 saturated heterocycles. The number of ketones is 1. The monoisotopic (exact) mass is 466 g/mol. The van der Waals surface area contributed by atoms with Crippen LogP contribution in [-0.4, -0.2) is 30.8 Å². The van der Waals surface area contributed by atoms with Crippen LogP contribution in [0.3, 0.4) is 0 Å². The summed E-state index contributed by atoms with van der Waals surface area (Å²) in [5.74, 6) is -0.549. The maximum absolute atomic E-state index is 12.7. The number of carbonyl (C=O) groups excluding carboxylic acids is 1. The Morgan fingerprint density at radius 1 is 1.00 bits per heavy atom. The van der Waals surface area contributed by atoms with Gasteiger partial charge in [-0.05, 0) is 56.7 Å². The molecule has 5 heteroatoms. The van der Waals surface area contributed by atoms with Crippen LogP contribution in [0.4, 0.5) is 0 Å². The minimum Gasteiger partial charge on any atom is -0.481 e. The van der Waals surface area contributed by atoms with E-state index in [-0.39, 0.29) is 16.7 Å². The third-order valence-electron chi connectivity index (χ3n) is 8.00. The minimum atomic E-state index is -2.05. The molecule has 1 aliphatic carbocycles. The summed E-state index contributed by atoms with van der Waals surface area (Å²) in [6, 6.07) is 0. The second kappa shape index (κ2) is 12.0. The van der Waals surface area contributed by atoms with E-state index in [0.29, 0.717) is 19.3 Å². The smallest absolute Gasteiger partial charge is 0.313 e. The first-order valence-corrected chi connectivity index (χ1v) is 15.8. The van der Waals surface area contributed by atoms with Crippen molar-refractivity contribution in [1.29, 1.82) is 0 Å². The van der Waals surface area contributed by atoms with Crippen LogP contribution in [0.25, 0.3) is 0 Å². The van der Waals surface area contributed by atoms with Gasteiger partial charge in [-0.15, -0.1) is 0 Å². The molecule has 1 fully saturated rings. The van der Waals surface area contributed by atoms with Crippen LogP contribution in [0.1, 0.15) is 112 Å². The lowest BCUT2D eigenvalue weighted by atomic mass is 9.70. The second-order valence-electron chi connectivity index (χ2n) is 11.7. The number of unbranched alkanes of at least 4 members (excludes halogenated alkanes) is 2. The van der Waals surface area contributed by atoms with Crippen molar-refractivity contribution in [1.82, 2.24) is 0 Å². The molecular weight excluding hydrogens is 416 g/mol. The molecule has 0 aromatic carbocycles. The number of hydrogen-bond acceptors (Lipinski definition) is 3. The topological polar surface area (TPSA) is 63.6 Å². The molecular formula is C27H50O4Si. The maximum atomic E-state index is 12.7. The number of hydrogen-bond donors (Lipinski definition) is 1. The fourth-order valence-corrected chi connectivity index (χ4v) is 6.34. The quantitative estimate of drug-likeness (QED) is 0.160. The molecule has 4 nitrogen and oxygen atoms in total. The summed E-state index contributed by atoms with van der Waals surface area (Å²) in [6.45, 7) is 17.4. The fourth-order valence-electron chi connectivity index (χ4n) is 4.70. The van der Waals surface area contributed by atoms with E-state index in [4.69, 9.17) is 4.43 Å². The molecule has 0 heterocycles. The van der Waals surface area contributed by atoms with E-state index in [2.05, 4.69) is 53.8 Å². The van der Waals surface area contributed by atoms with E-state index >= 15 is 0 Å². The largest absolute Gasteiger partial charge is 0.481 e. The predicted octanol–water partition coefficient (Wildman–Crippen LogP) is 7.92. The van der Waals surface area contributed by atoms with Gasteiger partial charge in [-0.3, -0.25) is 9.59 Å². The summed E-state index contributed by atoms with van der Waals surface area (Å²) in [5, 5.41) is 10.5. The van der Waals surface area contributed by atoms with Crippen molar-refractivity contribution in [3.05, 3.63) is 12.2 Å². The van der Waals surface area contributed by atoms with Crippen LogP contribution < -0.4 is 0 Å². The average molecular weight is 467 g/mol. The molecule has 0 aromatic rings. The van der Waals surface area contributed by atoms with E-state index in [1.165, 1.54) is 0 Å². The molecule has 0 radical (unpaired) electrons. The molecule has 1 unspecified atom stereocenters. The van der Waals surface area contributed by atoms with E-state index in [9.17, 15) is 14.7 Å². The summed E-state index contributed by atoms with van der Waals surface area (Å²) >= 11 is 0.